The number of aryl methyl sites for hydroxylation is 2. The number of nitrogens with zero attached hydrogens (tertiary/aromatic N) is 1. The summed E-state index contributed by atoms with van der Waals surface area (Å²) in [5.41, 5.74) is 2.17. The van der Waals surface area contributed by atoms with E-state index < -0.39 is 0 Å². The van der Waals surface area contributed by atoms with Gasteiger partial charge in [0.1, 0.15) is 5.78 Å². The molecule has 0 aliphatic carbocycles. The van der Waals surface area contributed by atoms with Gasteiger partial charge in [-0.3, -0.25) is 9.78 Å². The number of carbonyl (C=O) groups is 1. The molecule has 3 heteroatoms. The van der Waals surface area contributed by atoms with Gasteiger partial charge in [0.15, 0.2) is 0 Å². The molecule has 0 bridgehead atoms. The van der Waals surface area contributed by atoms with Gasteiger partial charge in [0.2, 0.25) is 0 Å². The molecule has 0 N–H and O–H groups in total. The Morgan fingerprint density at radius 3 is 2.93 bits per heavy atom. The minimum Gasteiger partial charge on any atom is -0.384 e. The van der Waals surface area contributed by atoms with Crippen molar-refractivity contribution < 1.29 is 9.53 Å². The number of hydrogen-bond donors (Lipinski definition) is 0. The van der Waals surface area contributed by atoms with Gasteiger partial charge in [0, 0.05) is 31.8 Å². The van der Waals surface area contributed by atoms with Crippen molar-refractivity contribution in [3.8, 4) is 0 Å². The third-order valence-electron chi connectivity index (χ3n) is 2.34. The van der Waals surface area contributed by atoms with E-state index in [1.54, 1.807) is 13.3 Å². The van der Waals surface area contributed by atoms with Gasteiger partial charge in [0.05, 0.1) is 6.61 Å². The Hall–Kier alpha value is -1.22. The van der Waals surface area contributed by atoms with E-state index in [-0.39, 0.29) is 5.78 Å². The average molecular weight is 207 g/mol. The van der Waals surface area contributed by atoms with Gasteiger partial charge >= 0.3 is 0 Å². The predicted octanol–water partition coefficient (Wildman–Crippen LogP) is 1.93. The molecule has 0 saturated carbocycles. The van der Waals surface area contributed by atoms with Gasteiger partial charge in [-0.05, 0) is 25.0 Å². The van der Waals surface area contributed by atoms with Crippen molar-refractivity contribution in [3.63, 3.8) is 0 Å². The van der Waals surface area contributed by atoms with Crippen LogP contribution in [0, 0.1) is 6.92 Å². The van der Waals surface area contributed by atoms with Crippen LogP contribution in [-0.2, 0) is 16.0 Å². The zero-order valence-electron chi connectivity index (χ0n) is 9.32. The molecule has 82 valence electrons. The zero-order chi connectivity index (χ0) is 11.1. The van der Waals surface area contributed by atoms with Crippen molar-refractivity contribution in [2.45, 2.75) is 26.2 Å². The lowest BCUT2D eigenvalue weighted by atomic mass is 10.1. The molecule has 0 saturated heterocycles. The molecular formula is C12H17NO2. The second-order valence-corrected chi connectivity index (χ2v) is 3.55. The Morgan fingerprint density at radius 1 is 1.47 bits per heavy atom. The van der Waals surface area contributed by atoms with Gasteiger partial charge in [-0.2, -0.15) is 0 Å². The van der Waals surface area contributed by atoms with E-state index in [9.17, 15) is 4.79 Å². The van der Waals surface area contributed by atoms with Crippen LogP contribution in [-0.4, -0.2) is 24.5 Å². The Balaban J connectivity index is 2.37. The molecule has 1 rings (SSSR count). The molecule has 0 aliphatic rings. The first kappa shape index (κ1) is 11.9. The van der Waals surface area contributed by atoms with Crippen LogP contribution < -0.4 is 0 Å². The number of pyridine rings is 1. The van der Waals surface area contributed by atoms with E-state index in [2.05, 4.69) is 4.98 Å². The van der Waals surface area contributed by atoms with Crippen molar-refractivity contribution in [1.29, 1.82) is 0 Å². The monoisotopic (exact) mass is 207 g/mol. The fraction of sp³-hybridized carbons (Fsp3) is 0.500. The molecule has 1 heterocycles. The number of ketones is 1. The summed E-state index contributed by atoms with van der Waals surface area (Å²) >= 11 is 0. The number of methoxy groups -OCH3 is 1. The van der Waals surface area contributed by atoms with E-state index in [4.69, 9.17) is 4.74 Å². The molecule has 0 atom stereocenters. The normalized spacial score (nSPS) is 10.3. The van der Waals surface area contributed by atoms with Crippen molar-refractivity contribution in [1.82, 2.24) is 4.98 Å². The summed E-state index contributed by atoms with van der Waals surface area (Å²) in [5, 5.41) is 0. The highest BCUT2D eigenvalue weighted by molar-refractivity contribution is 5.78. The number of Topliss-reactive ketones (excluding diaryl/α,β-unsaturated/α-hetero) is 1. The Labute approximate surface area is 90.5 Å². The van der Waals surface area contributed by atoms with E-state index >= 15 is 0 Å². The van der Waals surface area contributed by atoms with Crippen molar-refractivity contribution in [3.05, 3.63) is 29.6 Å². The molecule has 0 aliphatic heterocycles. The first-order valence-electron chi connectivity index (χ1n) is 5.15. The summed E-state index contributed by atoms with van der Waals surface area (Å²) < 4.78 is 4.85. The van der Waals surface area contributed by atoms with Crippen LogP contribution in [0.15, 0.2) is 18.3 Å². The van der Waals surface area contributed by atoms with Crippen LogP contribution in [0.5, 0.6) is 0 Å². The van der Waals surface area contributed by atoms with Crippen molar-refractivity contribution in [2.24, 2.45) is 0 Å². The molecular weight excluding hydrogens is 190 g/mol. The zero-order valence-corrected chi connectivity index (χ0v) is 9.32. The molecule has 0 unspecified atom stereocenters. The SMILES string of the molecule is COCCC(=O)CCc1ncccc1C. The van der Waals surface area contributed by atoms with Crippen LogP contribution in [0.1, 0.15) is 24.1 Å². The van der Waals surface area contributed by atoms with Crippen LogP contribution in [0.3, 0.4) is 0 Å². The minimum absolute atomic E-state index is 0.238. The molecule has 1 aromatic rings. The second kappa shape index (κ2) is 6.30. The molecule has 0 spiro atoms. The van der Waals surface area contributed by atoms with Crippen LogP contribution in [0.2, 0.25) is 0 Å². The van der Waals surface area contributed by atoms with Crippen LogP contribution >= 0.6 is 0 Å². The molecule has 15 heavy (non-hydrogen) atoms. The highest BCUT2D eigenvalue weighted by Crippen LogP contribution is 2.06. The van der Waals surface area contributed by atoms with Gasteiger partial charge in [-0.1, -0.05) is 6.07 Å². The molecule has 0 aromatic carbocycles. The molecule has 1 aromatic heterocycles. The largest absolute Gasteiger partial charge is 0.384 e. The third-order valence-corrected chi connectivity index (χ3v) is 2.34. The summed E-state index contributed by atoms with van der Waals surface area (Å²) in [6.45, 7) is 2.53. The fourth-order valence-electron chi connectivity index (χ4n) is 1.38. The molecule has 0 amide bonds. The molecule has 0 radical (unpaired) electrons. The van der Waals surface area contributed by atoms with Crippen molar-refractivity contribution >= 4 is 5.78 Å². The average Bonchev–Trinajstić information content (AvgIpc) is 2.25. The highest BCUT2D eigenvalue weighted by Gasteiger charge is 2.04. The summed E-state index contributed by atoms with van der Waals surface area (Å²) in [5.74, 6) is 0.238. The maximum Gasteiger partial charge on any atom is 0.135 e. The number of rotatable bonds is 6. The number of hydrogen-bond acceptors (Lipinski definition) is 3. The van der Waals surface area contributed by atoms with E-state index in [1.165, 1.54) is 0 Å². The number of aromatic nitrogens is 1. The summed E-state index contributed by atoms with van der Waals surface area (Å²) in [6.07, 6.45) is 3.56. The van der Waals surface area contributed by atoms with E-state index in [0.29, 0.717) is 19.4 Å². The van der Waals surface area contributed by atoms with Gasteiger partial charge in [0.25, 0.3) is 0 Å². The molecule has 0 fully saturated rings. The summed E-state index contributed by atoms with van der Waals surface area (Å²) in [4.78, 5) is 15.6. The smallest absolute Gasteiger partial charge is 0.135 e. The lowest BCUT2D eigenvalue weighted by molar-refractivity contribution is -0.119. The Morgan fingerprint density at radius 2 is 2.27 bits per heavy atom. The maximum absolute atomic E-state index is 11.4. The number of ether oxygens (including phenoxy) is 1. The lowest BCUT2D eigenvalue weighted by Crippen LogP contribution is -2.05. The summed E-state index contributed by atoms with van der Waals surface area (Å²) in [7, 11) is 1.61. The van der Waals surface area contributed by atoms with Gasteiger partial charge < -0.3 is 4.74 Å². The van der Waals surface area contributed by atoms with Crippen LogP contribution in [0.4, 0.5) is 0 Å². The quantitative estimate of drug-likeness (QED) is 0.715. The molecule has 3 nitrogen and oxygen atoms in total. The number of carbonyl (C=O) groups excluding carboxylic acids is 1. The van der Waals surface area contributed by atoms with Gasteiger partial charge in [-0.15, -0.1) is 0 Å². The fourth-order valence-corrected chi connectivity index (χ4v) is 1.38. The van der Waals surface area contributed by atoms with Crippen LogP contribution in [0.25, 0.3) is 0 Å². The van der Waals surface area contributed by atoms with E-state index in [1.807, 2.05) is 19.1 Å². The van der Waals surface area contributed by atoms with Crippen molar-refractivity contribution in [2.75, 3.05) is 13.7 Å². The minimum atomic E-state index is 0.238. The first-order chi connectivity index (χ1) is 7.24. The Kier molecular flexibility index (Phi) is 4.98. The lowest BCUT2D eigenvalue weighted by Gasteiger charge is -2.03. The summed E-state index contributed by atoms with van der Waals surface area (Å²) in [6, 6.07) is 3.92. The first-order valence-corrected chi connectivity index (χ1v) is 5.15. The third kappa shape index (κ3) is 4.21. The highest BCUT2D eigenvalue weighted by atomic mass is 16.5. The Bertz CT molecular complexity index is 323. The topological polar surface area (TPSA) is 39.2 Å². The van der Waals surface area contributed by atoms with E-state index in [0.717, 1.165) is 17.7 Å². The maximum atomic E-state index is 11.4. The second-order valence-electron chi connectivity index (χ2n) is 3.55. The standard InChI is InChI=1S/C12H17NO2/c1-10-4-3-8-13-12(10)6-5-11(14)7-9-15-2/h3-4,8H,5-7,9H2,1-2H3. The van der Waals surface area contributed by atoms with Gasteiger partial charge in [-0.25, -0.2) is 0 Å². The predicted molar refractivity (Wildman–Crippen MR) is 58.8 cm³/mol.